The first kappa shape index (κ1) is 12.7. The van der Waals surface area contributed by atoms with Gasteiger partial charge in [0.25, 0.3) is 0 Å². The SMILES string of the molecule is CO[C]c1ccc(C#N)c(OP(=O)(O)O)c1. The van der Waals surface area contributed by atoms with Gasteiger partial charge in [0.1, 0.15) is 11.8 Å². The van der Waals surface area contributed by atoms with Crippen LogP contribution in [0.3, 0.4) is 0 Å². The minimum atomic E-state index is -4.69. The topological polar surface area (TPSA) is 99.8 Å². The summed E-state index contributed by atoms with van der Waals surface area (Å²) in [7, 11) is -3.31. The molecule has 16 heavy (non-hydrogen) atoms. The number of hydrogen-bond donors (Lipinski definition) is 2. The van der Waals surface area contributed by atoms with Gasteiger partial charge in [0, 0.05) is 7.11 Å². The highest BCUT2D eigenvalue weighted by atomic mass is 31.2. The molecule has 1 rings (SSSR count). The van der Waals surface area contributed by atoms with Gasteiger partial charge in [0.2, 0.25) is 0 Å². The molecular formula is C9H8NO5P. The van der Waals surface area contributed by atoms with Gasteiger partial charge >= 0.3 is 7.82 Å². The van der Waals surface area contributed by atoms with Gasteiger partial charge in [0.15, 0.2) is 6.61 Å². The zero-order chi connectivity index (χ0) is 12.2. The summed E-state index contributed by atoms with van der Waals surface area (Å²) in [5.41, 5.74) is 0.426. The standard InChI is InChI=1S/C9H8NO5P/c1-14-6-7-2-3-8(5-10)9(4-7)15-16(11,12)13/h2-4H,1H3,(H2,11,12,13). The van der Waals surface area contributed by atoms with E-state index in [0.29, 0.717) is 5.56 Å². The van der Waals surface area contributed by atoms with E-state index in [1.165, 1.54) is 25.3 Å². The molecule has 1 aromatic carbocycles. The fourth-order valence-electron chi connectivity index (χ4n) is 1.000. The van der Waals surface area contributed by atoms with E-state index in [1.54, 1.807) is 6.07 Å². The minimum Gasteiger partial charge on any atom is -0.403 e. The fourth-order valence-corrected chi connectivity index (χ4v) is 1.41. The zero-order valence-electron chi connectivity index (χ0n) is 8.25. The number of rotatable bonds is 4. The van der Waals surface area contributed by atoms with E-state index < -0.39 is 7.82 Å². The first-order valence-corrected chi connectivity index (χ1v) is 5.57. The van der Waals surface area contributed by atoms with Gasteiger partial charge in [-0.2, -0.15) is 5.26 Å². The lowest BCUT2D eigenvalue weighted by atomic mass is 10.1. The maximum atomic E-state index is 10.6. The van der Waals surface area contributed by atoms with Crippen molar-refractivity contribution in [3.63, 3.8) is 0 Å². The first-order valence-electron chi connectivity index (χ1n) is 4.04. The van der Waals surface area contributed by atoms with Crippen molar-refractivity contribution in [2.75, 3.05) is 7.11 Å². The summed E-state index contributed by atoms with van der Waals surface area (Å²) < 4.78 is 19.6. The molecule has 0 amide bonds. The van der Waals surface area contributed by atoms with Crippen molar-refractivity contribution in [3.8, 4) is 11.8 Å². The Labute approximate surface area is 92.3 Å². The molecule has 6 nitrogen and oxygen atoms in total. The van der Waals surface area contributed by atoms with Crippen molar-refractivity contribution >= 4 is 7.82 Å². The van der Waals surface area contributed by atoms with Gasteiger partial charge in [-0.15, -0.1) is 0 Å². The molecule has 0 unspecified atom stereocenters. The van der Waals surface area contributed by atoms with Crippen LogP contribution >= 0.6 is 7.82 Å². The van der Waals surface area contributed by atoms with E-state index in [4.69, 9.17) is 15.0 Å². The van der Waals surface area contributed by atoms with Crippen LogP contribution in [0.5, 0.6) is 5.75 Å². The van der Waals surface area contributed by atoms with E-state index in [9.17, 15) is 4.57 Å². The van der Waals surface area contributed by atoms with E-state index in [2.05, 4.69) is 15.9 Å². The number of nitriles is 1. The highest BCUT2D eigenvalue weighted by Gasteiger charge is 2.18. The molecule has 84 valence electrons. The Morgan fingerprint density at radius 3 is 2.62 bits per heavy atom. The van der Waals surface area contributed by atoms with E-state index in [0.717, 1.165) is 0 Å². The number of methoxy groups -OCH3 is 1. The van der Waals surface area contributed by atoms with E-state index in [1.807, 2.05) is 0 Å². The Balaban J connectivity index is 3.08. The number of phosphoric ester groups is 1. The Hall–Kier alpha value is -1.38. The molecule has 1 aromatic rings. The van der Waals surface area contributed by atoms with Gasteiger partial charge in [0.05, 0.1) is 5.56 Å². The van der Waals surface area contributed by atoms with Crippen LogP contribution in [0.15, 0.2) is 18.2 Å². The number of nitrogens with zero attached hydrogens (tertiary/aromatic N) is 1. The van der Waals surface area contributed by atoms with Crippen LogP contribution in [0.1, 0.15) is 11.1 Å². The molecule has 0 saturated carbocycles. The molecule has 0 atom stereocenters. The predicted octanol–water partition coefficient (Wildman–Crippen LogP) is 1.06. The molecule has 0 spiro atoms. The third-order valence-electron chi connectivity index (χ3n) is 1.54. The van der Waals surface area contributed by atoms with Crippen LogP contribution < -0.4 is 4.52 Å². The maximum absolute atomic E-state index is 10.6. The van der Waals surface area contributed by atoms with Crippen molar-refractivity contribution in [1.29, 1.82) is 5.26 Å². The molecule has 0 fully saturated rings. The molecular weight excluding hydrogens is 233 g/mol. The summed E-state index contributed by atoms with van der Waals surface area (Å²) in [4.78, 5) is 17.3. The molecule has 0 heterocycles. The molecule has 0 bridgehead atoms. The van der Waals surface area contributed by atoms with Crippen LogP contribution in [0.25, 0.3) is 0 Å². The molecule has 0 aliphatic carbocycles. The monoisotopic (exact) mass is 241 g/mol. The van der Waals surface area contributed by atoms with E-state index >= 15 is 0 Å². The maximum Gasteiger partial charge on any atom is 0.524 e. The Bertz CT molecular complexity index is 461. The lowest BCUT2D eigenvalue weighted by Crippen LogP contribution is -1.95. The molecule has 0 saturated heterocycles. The highest BCUT2D eigenvalue weighted by molar-refractivity contribution is 7.46. The van der Waals surface area contributed by atoms with Gasteiger partial charge < -0.3 is 9.26 Å². The number of phosphoric acid groups is 1. The number of ether oxygens (including phenoxy) is 1. The number of hydrogen-bond acceptors (Lipinski definition) is 4. The molecule has 0 aromatic heterocycles. The third kappa shape index (κ3) is 3.65. The summed E-state index contributed by atoms with van der Waals surface area (Å²) in [6.45, 7) is 2.44. The lowest BCUT2D eigenvalue weighted by Gasteiger charge is -2.09. The van der Waals surface area contributed by atoms with Crippen LogP contribution in [0.2, 0.25) is 0 Å². The third-order valence-corrected chi connectivity index (χ3v) is 1.97. The van der Waals surface area contributed by atoms with Crippen molar-refractivity contribution < 1.29 is 23.6 Å². The average molecular weight is 241 g/mol. The zero-order valence-corrected chi connectivity index (χ0v) is 9.14. The molecule has 7 heteroatoms. The van der Waals surface area contributed by atoms with Crippen LogP contribution in [0, 0.1) is 17.9 Å². The largest absolute Gasteiger partial charge is 0.524 e. The molecule has 2 N–H and O–H groups in total. The normalized spacial score (nSPS) is 10.9. The fraction of sp³-hybridized carbons (Fsp3) is 0.111. The predicted molar refractivity (Wildman–Crippen MR) is 53.2 cm³/mol. The van der Waals surface area contributed by atoms with E-state index in [-0.39, 0.29) is 11.3 Å². The lowest BCUT2D eigenvalue weighted by molar-refractivity contribution is 0.281. The van der Waals surface area contributed by atoms with Gasteiger partial charge in [-0.3, -0.25) is 9.79 Å². The Morgan fingerprint density at radius 2 is 2.12 bits per heavy atom. The molecule has 0 aliphatic heterocycles. The quantitative estimate of drug-likeness (QED) is 0.764. The second-order valence-electron chi connectivity index (χ2n) is 2.71. The second kappa shape index (κ2) is 5.10. The van der Waals surface area contributed by atoms with Crippen molar-refractivity contribution in [2.45, 2.75) is 0 Å². The molecule has 0 aliphatic rings. The van der Waals surface area contributed by atoms with Gasteiger partial charge in [-0.05, 0) is 17.7 Å². The summed E-state index contributed by atoms with van der Waals surface area (Å²) >= 11 is 0. The summed E-state index contributed by atoms with van der Waals surface area (Å²) in [5.74, 6) is -0.210. The Morgan fingerprint density at radius 1 is 1.44 bits per heavy atom. The van der Waals surface area contributed by atoms with Crippen molar-refractivity contribution in [3.05, 3.63) is 35.9 Å². The van der Waals surface area contributed by atoms with Gasteiger partial charge in [-0.25, -0.2) is 4.57 Å². The molecule has 2 radical (unpaired) electrons. The summed E-state index contributed by atoms with van der Waals surface area (Å²) in [5, 5.41) is 8.70. The summed E-state index contributed by atoms with van der Waals surface area (Å²) in [6.07, 6.45) is 0. The smallest absolute Gasteiger partial charge is 0.403 e. The highest BCUT2D eigenvalue weighted by Crippen LogP contribution is 2.39. The number of benzene rings is 1. The first-order chi connectivity index (χ1) is 7.46. The van der Waals surface area contributed by atoms with Crippen molar-refractivity contribution in [2.24, 2.45) is 0 Å². The Kier molecular flexibility index (Phi) is 4.05. The van der Waals surface area contributed by atoms with Crippen LogP contribution in [0.4, 0.5) is 0 Å². The second-order valence-corrected chi connectivity index (χ2v) is 3.87. The average Bonchev–Trinajstić information content (AvgIpc) is 2.16. The minimum absolute atomic E-state index is 0.0185. The van der Waals surface area contributed by atoms with Crippen LogP contribution in [-0.2, 0) is 9.30 Å². The van der Waals surface area contributed by atoms with Crippen molar-refractivity contribution in [1.82, 2.24) is 0 Å². The summed E-state index contributed by atoms with van der Waals surface area (Å²) in [6, 6.07) is 5.86. The van der Waals surface area contributed by atoms with Crippen LogP contribution in [-0.4, -0.2) is 16.9 Å². The van der Waals surface area contributed by atoms with Gasteiger partial charge in [-0.1, -0.05) is 6.07 Å².